The average Bonchev–Trinajstić information content (AvgIpc) is 1.25. The van der Waals surface area contributed by atoms with E-state index in [4.69, 9.17) is 13.0 Å². The fourth-order valence-electron chi connectivity index (χ4n) is 0. The Hall–Kier alpha value is 0.660. The van der Waals surface area contributed by atoms with Gasteiger partial charge in [-0.1, -0.05) is 0 Å². The molecule has 0 heterocycles. The van der Waals surface area contributed by atoms with Gasteiger partial charge in [0.15, 0.2) is 10.1 Å². The van der Waals surface area contributed by atoms with Gasteiger partial charge in [-0.25, -0.2) is 8.42 Å². The molecule has 0 aliphatic carbocycles. The zero-order chi connectivity index (χ0) is 7.00. The van der Waals surface area contributed by atoms with E-state index in [1.54, 1.807) is 0 Å². The molecule has 0 atom stereocenters. The standard InChI is InChI=1S/CHF3O3S.Na.H2O/c2-1(3,4)8(5,6)7;;/h(H,5,6,7);;1H2/q;+1;/p-1. The van der Waals surface area contributed by atoms with Crippen LogP contribution in [0.15, 0.2) is 0 Å². The van der Waals surface area contributed by atoms with Gasteiger partial charge < -0.3 is 10.0 Å². The summed E-state index contributed by atoms with van der Waals surface area (Å²) < 4.78 is 58.9. The monoisotopic (exact) mass is 190 g/mol. The summed E-state index contributed by atoms with van der Waals surface area (Å²) in [6, 6.07) is 0. The van der Waals surface area contributed by atoms with Crippen molar-refractivity contribution in [3.05, 3.63) is 0 Å². The van der Waals surface area contributed by atoms with E-state index in [1.165, 1.54) is 0 Å². The predicted molar refractivity (Wildman–Crippen MR) is 19.4 cm³/mol. The molecule has 0 aromatic heterocycles. The number of hydrogen-bond donors (Lipinski definition) is 0. The van der Waals surface area contributed by atoms with Crippen molar-refractivity contribution in [3.63, 3.8) is 0 Å². The molecule has 0 aliphatic heterocycles. The van der Waals surface area contributed by atoms with Crippen LogP contribution in [0.3, 0.4) is 0 Å². The zero-order valence-corrected chi connectivity index (χ0v) is 7.58. The van der Waals surface area contributed by atoms with Crippen LogP contribution in [0.2, 0.25) is 0 Å². The zero-order valence-electron chi connectivity index (χ0n) is 4.77. The predicted octanol–water partition coefficient (Wildman–Crippen LogP) is -3.77. The SMILES string of the molecule is O.O=S(=O)([O-])C(F)(F)F.[Na+]. The molecule has 0 bridgehead atoms. The van der Waals surface area contributed by atoms with Crippen LogP contribution in [-0.2, 0) is 10.1 Å². The van der Waals surface area contributed by atoms with E-state index in [9.17, 15) is 13.2 Å². The van der Waals surface area contributed by atoms with Crippen LogP contribution < -0.4 is 29.6 Å². The van der Waals surface area contributed by atoms with Gasteiger partial charge in [-0.2, -0.15) is 13.2 Å². The normalized spacial score (nSPS) is 11.2. The fourth-order valence-corrected chi connectivity index (χ4v) is 0. The molecule has 0 amide bonds. The Morgan fingerprint density at radius 2 is 1.30 bits per heavy atom. The first-order valence-corrected chi connectivity index (χ1v) is 2.68. The Labute approximate surface area is 76.8 Å². The molecule has 0 fully saturated rings. The van der Waals surface area contributed by atoms with Gasteiger partial charge in [0.05, 0.1) is 0 Å². The minimum atomic E-state index is -6.09. The van der Waals surface area contributed by atoms with E-state index in [2.05, 4.69) is 0 Å². The van der Waals surface area contributed by atoms with Crippen LogP contribution in [0, 0.1) is 0 Å². The van der Waals surface area contributed by atoms with Gasteiger partial charge in [0.2, 0.25) is 0 Å². The number of halogens is 3. The van der Waals surface area contributed by atoms with E-state index in [1.807, 2.05) is 0 Å². The van der Waals surface area contributed by atoms with E-state index in [0.717, 1.165) is 0 Å². The Balaban J connectivity index is -0.000000245. The minimum absolute atomic E-state index is 0. The summed E-state index contributed by atoms with van der Waals surface area (Å²) in [5.74, 6) is 0. The van der Waals surface area contributed by atoms with Gasteiger partial charge in [0.25, 0.3) is 0 Å². The van der Waals surface area contributed by atoms with Gasteiger partial charge >= 0.3 is 35.1 Å². The number of alkyl halides is 3. The van der Waals surface area contributed by atoms with Crippen molar-refractivity contribution in [2.24, 2.45) is 0 Å². The van der Waals surface area contributed by atoms with E-state index >= 15 is 0 Å². The maximum absolute atomic E-state index is 10.7. The maximum Gasteiger partial charge on any atom is 1.00 e. The molecule has 0 aliphatic rings. The van der Waals surface area contributed by atoms with Crippen molar-refractivity contribution in [3.8, 4) is 0 Å². The molecule has 10 heavy (non-hydrogen) atoms. The number of hydrogen-bond acceptors (Lipinski definition) is 3. The third-order valence-electron chi connectivity index (χ3n) is 0.283. The Bertz CT molecular complexity index is 169. The van der Waals surface area contributed by atoms with Crippen molar-refractivity contribution in [1.29, 1.82) is 0 Å². The van der Waals surface area contributed by atoms with Crippen LogP contribution in [0.25, 0.3) is 0 Å². The van der Waals surface area contributed by atoms with Crippen molar-refractivity contribution >= 4 is 10.1 Å². The van der Waals surface area contributed by atoms with Crippen molar-refractivity contribution < 1.29 is 61.2 Å². The second kappa shape index (κ2) is 4.52. The molecule has 0 aromatic carbocycles. The largest absolute Gasteiger partial charge is 1.00 e. The topological polar surface area (TPSA) is 88.7 Å². The minimum Gasteiger partial charge on any atom is -0.741 e. The van der Waals surface area contributed by atoms with Crippen LogP contribution in [0.1, 0.15) is 0 Å². The summed E-state index contributed by atoms with van der Waals surface area (Å²) in [6.07, 6.45) is 0. The molecular weight excluding hydrogens is 188 g/mol. The van der Waals surface area contributed by atoms with Gasteiger partial charge in [0.1, 0.15) is 0 Å². The second-order valence-electron chi connectivity index (χ2n) is 0.900. The summed E-state index contributed by atoms with van der Waals surface area (Å²) in [6.45, 7) is 0. The summed E-state index contributed by atoms with van der Waals surface area (Å²) in [5.41, 5.74) is -5.65. The second-order valence-corrected chi connectivity index (χ2v) is 2.27. The molecule has 0 unspecified atom stereocenters. The average molecular weight is 190 g/mol. The Morgan fingerprint density at radius 3 is 1.30 bits per heavy atom. The summed E-state index contributed by atoms with van der Waals surface area (Å²) >= 11 is 0. The first-order valence-electron chi connectivity index (χ1n) is 1.27. The smallest absolute Gasteiger partial charge is 0.741 e. The molecule has 4 nitrogen and oxygen atoms in total. The third-order valence-corrected chi connectivity index (χ3v) is 0.850. The molecule has 58 valence electrons. The summed E-state index contributed by atoms with van der Waals surface area (Å²) in [4.78, 5) is 0. The summed E-state index contributed by atoms with van der Waals surface area (Å²) in [7, 11) is -6.09. The molecule has 0 saturated carbocycles. The molecule has 0 spiro atoms. The quantitative estimate of drug-likeness (QED) is 0.223. The van der Waals surface area contributed by atoms with Gasteiger partial charge in [-0.15, -0.1) is 0 Å². The van der Waals surface area contributed by atoms with E-state index in [-0.39, 0.29) is 35.0 Å². The molecular formula is CH2F3NaO4S. The Kier molecular flexibility index (Phi) is 7.66. The first kappa shape index (κ1) is 17.0. The summed E-state index contributed by atoms with van der Waals surface area (Å²) in [5, 5.41) is 0. The van der Waals surface area contributed by atoms with Gasteiger partial charge in [0, 0.05) is 0 Å². The van der Waals surface area contributed by atoms with Crippen LogP contribution in [-0.4, -0.2) is 24.0 Å². The van der Waals surface area contributed by atoms with E-state index in [0.29, 0.717) is 0 Å². The van der Waals surface area contributed by atoms with Crippen molar-refractivity contribution in [2.75, 3.05) is 0 Å². The van der Waals surface area contributed by atoms with Crippen molar-refractivity contribution in [1.82, 2.24) is 0 Å². The molecule has 0 saturated heterocycles. The fraction of sp³-hybridized carbons (Fsp3) is 1.00. The third kappa shape index (κ3) is 5.45. The van der Waals surface area contributed by atoms with Crippen LogP contribution >= 0.6 is 0 Å². The maximum atomic E-state index is 10.7. The molecule has 0 aromatic rings. The van der Waals surface area contributed by atoms with Crippen molar-refractivity contribution in [2.45, 2.75) is 5.51 Å². The van der Waals surface area contributed by atoms with Gasteiger partial charge in [-0.3, -0.25) is 0 Å². The van der Waals surface area contributed by atoms with E-state index < -0.39 is 15.6 Å². The molecule has 2 N–H and O–H groups in total. The van der Waals surface area contributed by atoms with Gasteiger partial charge in [-0.05, 0) is 0 Å². The molecule has 0 radical (unpaired) electrons. The molecule has 9 heteroatoms. The van der Waals surface area contributed by atoms with Crippen LogP contribution in [0.4, 0.5) is 13.2 Å². The molecule has 0 rings (SSSR count). The Morgan fingerprint density at radius 1 is 1.20 bits per heavy atom. The number of rotatable bonds is 0. The van der Waals surface area contributed by atoms with Crippen LogP contribution in [0.5, 0.6) is 0 Å². The first-order chi connectivity index (χ1) is 3.25.